The van der Waals surface area contributed by atoms with Gasteiger partial charge in [-0.15, -0.1) is 0 Å². The minimum absolute atomic E-state index is 0.131. The van der Waals surface area contributed by atoms with Crippen LogP contribution in [0.2, 0.25) is 0 Å². The highest BCUT2D eigenvalue weighted by molar-refractivity contribution is 6.09. The number of primary amides is 1. The molecule has 0 fully saturated rings. The molecule has 1 atom stereocenters. The van der Waals surface area contributed by atoms with Crippen molar-refractivity contribution in [1.29, 1.82) is 0 Å². The summed E-state index contributed by atoms with van der Waals surface area (Å²) in [6, 6.07) is 35.8. The van der Waals surface area contributed by atoms with Gasteiger partial charge in [-0.05, 0) is 42.5 Å². The van der Waals surface area contributed by atoms with E-state index in [0.29, 0.717) is 12.1 Å². The number of carbonyl (C=O) groups excluding carboxylic acids is 2. The van der Waals surface area contributed by atoms with Crippen LogP contribution in [-0.2, 0) is 9.59 Å². The minimum atomic E-state index is -1.50. The van der Waals surface area contributed by atoms with E-state index in [1.54, 1.807) is 6.92 Å². The van der Waals surface area contributed by atoms with Gasteiger partial charge in [0.15, 0.2) is 5.03 Å². The maximum atomic E-state index is 15.0. The van der Waals surface area contributed by atoms with Gasteiger partial charge in [-0.1, -0.05) is 109 Å². The van der Waals surface area contributed by atoms with Gasteiger partial charge in [0.05, 0.1) is 11.6 Å². The number of nitrogens with one attached hydrogen (secondary N) is 1. The summed E-state index contributed by atoms with van der Waals surface area (Å²) in [5, 5.41) is 15.5. The Balaban J connectivity index is 1.86. The fourth-order valence-corrected chi connectivity index (χ4v) is 5.17. The summed E-state index contributed by atoms with van der Waals surface area (Å²) in [5.74, 6) is -2.13. The van der Waals surface area contributed by atoms with Crippen LogP contribution in [0.15, 0.2) is 120 Å². The lowest BCUT2D eigenvalue weighted by molar-refractivity contribution is -0.485. The highest BCUT2D eigenvalue weighted by atomic mass is 16.7. The van der Waals surface area contributed by atoms with E-state index in [1.807, 2.05) is 115 Å². The second-order valence-corrected chi connectivity index (χ2v) is 10.2. The number of para-hydroxylation sites is 1. The van der Waals surface area contributed by atoms with E-state index >= 15 is 4.79 Å². The van der Waals surface area contributed by atoms with Crippen LogP contribution in [0.25, 0.3) is 11.1 Å². The van der Waals surface area contributed by atoms with Crippen LogP contribution in [-0.4, -0.2) is 34.9 Å². The van der Waals surface area contributed by atoms with E-state index in [9.17, 15) is 14.9 Å². The first-order valence-electron chi connectivity index (χ1n) is 13.8. The molecule has 10 heteroatoms. The molecule has 0 spiro atoms. The van der Waals surface area contributed by atoms with Gasteiger partial charge in [0.1, 0.15) is 10.6 Å². The van der Waals surface area contributed by atoms with Gasteiger partial charge in [0.2, 0.25) is 11.8 Å². The standard InChI is InChI=1S/C33H34N6O4/c1-33(31(34)41,22-13-23-36-32(35)37-39(42)43)38(28-21-12-11-20-27(28)24-14-5-2-6-15-24)30(40)29(25-16-7-3-8-17-25)26-18-9-4-10-19-26/h2-12,14-21,29H,13,22-23H2,1H3,(H2,34,41)(H3,35,36,37)/t33-/m0/s1. The van der Waals surface area contributed by atoms with Crippen molar-refractivity contribution >= 4 is 23.5 Å². The predicted molar refractivity (Wildman–Crippen MR) is 168 cm³/mol. The number of amides is 2. The van der Waals surface area contributed by atoms with Crippen molar-refractivity contribution in [2.24, 2.45) is 16.6 Å². The third kappa shape index (κ3) is 7.23. The molecular weight excluding hydrogens is 544 g/mol. The van der Waals surface area contributed by atoms with Gasteiger partial charge in [-0.3, -0.25) is 14.5 Å². The number of hydrazone groups is 1. The van der Waals surface area contributed by atoms with E-state index in [0.717, 1.165) is 22.3 Å². The maximum Gasteiger partial charge on any atom is 0.266 e. The van der Waals surface area contributed by atoms with Crippen molar-refractivity contribution in [3.8, 4) is 11.1 Å². The molecule has 0 radical (unpaired) electrons. The SMILES string of the molecule is C[C@](CCCNC(N)=N[N+](=O)[O-])(C(N)=O)N(C(=O)C(c1ccccc1)c1ccccc1)c1ccccc1-c1ccccc1. The molecule has 10 nitrogen and oxygen atoms in total. The van der Waals surface area contributed by atoms with Crippen LogP contribution in [0.3, 0.4) is 0 Å². The normalized spacial score (nSPS) is 12.7. The van der Waals surface area contributed by atoms with Gasteiger partial charge in [0, 0.05) is 12.1 Å². The van der Waals surface area contributed by atoms with Crippen molar-refractivity contribution < 1.29 is 14.6 Å². The van der Waals surface area contributed by atoms with E-state index in [2.05, 4.69) is 10.4 Å². The molecular formula is C33H34N6O4. The molecule has 0 bridgehead atoms. The topological polar surface area (TPSA) is 157 Å². The number of hydrogen-bond donors (Lipinski definition) is 3. The number of rotatable bonds is 12. The van der Waals surface area contributed by atoms with Crippen molar-refractivity contribution in [3.63, 3.8) is 0 Å². The molecule has 0 saturated heterocycles. The van der Waals surface area contributed by atoms with Crippen LogP contribution >= 0.6 is 0 Å². The number of benzene rings is 4. The zero-order valence-electron chi connectivity index (χ0n) is 23.8. The highest BCUT2D eigenvalue weighted by Crippen LogP contribution is 2.40. The second kappa shape index (κ2) is 13.9. The number of nitrogens with zero attached hydrogens (tertiary/aromatic N) is 3. The molecule has 4 rings (SSSR count). The zero-order valence-corrected chi connectivity index (χ0v) is 23.8. The summed E-state index contributed by atoms with van der Waals surface area (Å²) in [6.07, 6.45) is 0.429. The van der Waals surface area contributed by atoms with E-state index in [-0.39, 0.29) is 24.8 Å². The summed E-state index contributed by atoms with van der Waals surface area (Å²) in [6.45, 7) is 1.81. The molecule has 0 aliphatic carbocycles. The van der Waals surface area contributed by atoms with Gasteiger partial charge in [0.25, 0.3) is 5.96 Å². The fourth-order valence-electron chi connectivity index (χ4n) is 5.17. The third-order valence-electron chi connectivity index (χ3n) is 7.32. The Morgan fingerprint density at radius 3 is 1.91 bits per heavy atom. The van der Waals surface area contributed by atoms with Gasteiger partial charge >= 0.3 is 0 Å². The number of hydrogen-bond acceptors (Lipinski definition) is 4. The molecule has 5 N–H and O–H groups in total. The average Bonchev–Trinajstić information content (AvgIpc) is 3.01. The van der Waals surface area contributed by atoms with Crippen LogP contribution < -0.4 is 21.7 Å². The molecule has 0 saturated carbocycles. The molecule has 220 valence electrons. The second-order valence-electron chi connectivity index (χ2n) is 10.2. The molecule has 0 aliphatic heterocycles. The summed E-state index contributed by atoms with van der Waals surface area (Å²) >= 11 is 0. The quantitative estimate of drug-likeness (QED) is 0.0731. The van der Waals surface area contributed by atoms with Crippen LogP contribution in [0.5, 0.6) is 0 Å². The molecule has 43 heavy (non-hydrogen) atoms. The molecule has 0 aliphatic rings. The van der Waals surface area contributed by atoms with Gasteiger partial charge in [-0.2, -0.15) is 0 Å². The summed E-state index contributed by atoms with van der Waals surface area (Å²) < 4.78 is 0. The van der Waals surface area contributed by atoms with E-state index < -0.39 is 22.4 Å². The number of carbonyl (C=O) groups is 2. The van der Waals surface area contributed by atoms with Crippen LogP contribution in [0.4, 0.5) is 5.69 Å². The highest BCUT2D eigenvalue weighted by Gasteiger charge is 2.45. The predicted octanol–water partition coefficient (Wildman–Crippen LogP) is 4.64. The van der Waals surface area contributed by atoms with E-state index in [4.69, 9.17) is 11.5 Å². The molecule has 0 aromatic heterocycles. The largest absolute Gasteiger partial charge is 0.368 e. The molecule has 4 aromatic carbocycles. The Bertz CT molecular complexity index is 1540. The summed E-state index contributed by atoms with van der Waals surface area (Å²) in [7, 11) is 0. The Kier molecular flexibility index (Phi) is 9.85. The molecule has 4 aromatic rings. The van der Waals surface area contributed by atoms with Crippen molar-refractivity contribution in [2.45, 2.75) is 31.2 Å². The van der Waals surface area contributed by atoms with Crippen molar-refractivity contribution in [1.82, 2.24) is 5.32 Å². The minimum Gasteiger partial charge on any atom is -0.368 e. The zero-order chi connectivity index (χ0) is 30.8. The molecule has 0 unspecified atom stereocenters. The monoisotopic (exact) mass is 578 g/mol. The Morgan fingerprint density at radius 2 is 1.37 bits per heavy atom. The van der Waals surface area contributed by atoms with Gasteiger partial charge in [-0.25, -0.2) is 10.1 Å². The lowest BCUT2D eigenvalue weighted by Crippen LogP contribution is -2.59. The first-order chi connectivity index (χ1) is 20.7. The average molecular weight is 579 g/mol. The lowest BCUT2D eigenvalue weighted by atomic mass is 9.85. The first-order valence-corrected chi connectivity index (χ1v) is 13.8. The number of anilines is 1. The number of nitro groups is 1. The smallest absolute Gasteiger partial charge is 0.266 e. The summed E-state index contributed by atoms with van der Waals surface area (Å²) in [4.78, 5) is 40.6. The lowest BCUT2D eigenvalue weighted by Gasteiger charge is -2.42. The van der Waals surface area contributed by atoms with Crippen molar-refractivity contribution in [2.75, 3.05) is 11.4 Å². The molecule has 0 heterocycles. The first kappa shape index (κ1) is 30.4. The summed E-state index contributed by atoms with van der Waals surface area (Å²) in [5.41, 5.74) is 13.9. The van der Waals surface area contributed by atoms with Crippen LogP contribution in [0, 0.1) is 10.1 Å². The number of nitrogens with two attached hydrogens (primary N) is 2. The van der Waals surface area contributed by atoms with Crippen molar-refractivity contribution in [3.05, 3.63) is 137 Å². The van der Waals surface area contributed by atoms with E-state index in [1.165, 1.54) is 4.90 Å². The van der Waals surface area contributed by atoms with Gasteiger partial charge < -0.3 is 16.8 Å². The van der Waals surface area contributed by atoms with Crippen LogP contribution in [0.1, 0.15) is 36.8 Å². The number of guanidine groups is 1. The molecule has 2 amide bonds. The third-order valence-corrected chi connectivity index (χ3v) is 7.32. The fraction of sp³-hybridized carbons (Fsp3) is 0.182. The Labute approximate surface area is 250 Å². The maximum absolute atomic E-state index is 15.0. The Hall–Kier alpha value is -5.51. The Morgan fingerprint density at radius 1 is 0.860 bits per heavy atom.